The molecule has 2 heteroatoms. The highest BCUT2D eigenvalue weighted by Gasteiger charge is 2.20. The number of fused-ring (bicyclic) bond motifs is 1. The molecule has 0 spiro atoms. The van der Waals surface area contributed by atoms with Crippen LogP contribution in [0.5, 0.6) is 0 Å². The maximum absolute atomic E-state index is 13.1. The Hall–Kier alpha value is -1.31. The highest BCUT2D eigenvalue weighted by molar-refractivity contribution is 5.80. The zero-order valence-electron chi connectivity index (χ0n) is 10.2. The Morgan fingerprint density at radius 2 is 1.88 bits per heavy atom. The average Bonchev–Trinajstić information content (AvgIpc) is 2.73. The molecule has 1 fully saturated rings. The summed E-state index contributed by atoms with van der Waals surface area (Å²) in [5.74, 6) is 0.720. The van der Waals surface area contributed by atoms with Crippen LogP contribution in [0.25, 0.3) is 10.9 Å². The largest absolute Gasteiger partial charge is 0.344 e. The zero-order chi connectivity index (χ0) is 11.8. The number of aromatic nitrogens is 1. The van der Waals surface area contributed by atoms with E-state index in [0.29, 0.717) is 6.04 Å². The molecule has 0 amide bonds. The summed E-state index contributed by atoms with van der Waals surface area (Å²) in [7, 11) is 0. The molecule has 0 aliphatic heterocycles. The predicted octanol–water partition coefficient (Wildman–Crippen LogP) is 4.53. The van der Waals surface area contributed by atoms with E-state index in [4.69, 9.17) is 0 Å². The molecule has 0 N–H and O–H groups in total. The fourth-order valence-electron chi connectivity index (χ4n) is 2.97. The monoisotopic (exact) mass is 231 g/mol. The fourth-order valence-corrected chi connectivity index (χ4v) is 2.97. The van der Waals surface area contributed by atoms with Crippen molar-refractivity contribution in [1.29, 1.82) is 0 Å². The second-order valence-corrected chi connectivity index (χ2v) is 5.34. The van der Waals surface area contributed by atoms with Crippen LogP contribution in [0.3, 0.4) is 0 Å². The Labute approximate surface area is 101 Å². The van der Waals surface area contributed by atoms with Crippen LogP contribution < -0.4 is 0 Å². The van der Waals surface area contributed by atoms with Gasteiger partial charge in [-0.1, -0.05) is 6.92 Å². The molecule has 1 nitrogen and oxygen atoms in total. The number of hydrogen-bond acceptors (Lipinski definition) is 0. The third kappa shape index (κ3) is 1.97. The predicted molar refractivity (Wildman–Crippen MR) is 68.6 cm³/mol. The molecule has 2 aromatic rings. The number of nitrogens with zero attached hydrogens (tertiary/aromatic N) is 1. The highest BCUT2D eigenvalue weighted by atomic mass is 19.1. The molecule has 1 aliphatic rings. The van der Waals surface area contributed by atoms with E-state index in [2.05, 4.69) is 17.7 Å². The smallest absolute Gasteiger partial charge is 0.123 e. The summed E-state index contributed by atoms with van der Waals surface area (Å²) in [6.45, 7) is 2.33. The van der Waals surface area contributed by atoms with E-state index in [1.807, 2.05) is 12.1 Å². The minimum atomic E-state index is -0.146. The van der Waals surface area contributed by atoms with Gasteiger partial charge in [-0.2, -0.15) is 0 Å². The van der Waals surface area contributed by atoms with Gasteiger partial charge in [-0.05, 0) is 55.9 Å². The van der Waals surface area contributed by atoms with Gasteiger partial charge in [-0.15, -0.1) is 0 Å². The van der Waals surface area contributed by atoms with Crippen molar-refractivity contribution in [2.24, 2.45) is 5.92 Å². The third-order valence-corrected chi connectivity index (χ3v) is 4.06. The molecule has 0 radical (unpaired) electrons. The Balaban J connectivity index is 1.95. The fraction of sp³-hybridized carbons (Fsp3) is 0.467. The highest BCUT2D eigenvalue weighted by Crippen LogP contribution is 2.34. The molecule has 1 aliphatic carbocycles. The van der Waals surface area contributed by atoms with Crippen molar-refractivity contribution < 1.29 is 4.39 Å². The van der Waals surface area contributed by atoms with Gasteiger partial charge >= 0.3 is 0 Å². The summed E-state index contributed by atoms with van der Waals surface area (Å²) in [6.07, 6.45) is 7.24. The van der Waals surface area contributed by atoms with E-state index in [-0.39, 0.29) is 5.82 Å². The minimum absolute atomic E-state index is 0.146. The quantitative estimate of drug-likeness (QED) is 0.679. The molecule has 0 unspecified atom stereocenters. The van der Waals surface area contributed by atoms with Crippen LogP contribution in [0, 0.1) is 11.7 Å². The topological polar surface area (TPSA) is 4.93 Å². The molecule has 90 valence electrons. The Kier molecular flexibility index (Phi) is 2.65. The lowest BCUT2D eigenvalue weighted by Gasteiger charge is -2.28. The number of hydrogen-bond donors (Lipinski definition) is 0. The van der Waals surface area contributed by atoms with Crippen molar-refractivity contribution in [2.75, 3.05) is 0 Å². The summed E-state index contributed by atoms with van der Waals surface area (Å²) in [5, 5.41) is 1.02. The first-order chi connectivity index (χ1) is 8.24. The molecule has 1 aromatic carbocycles. The van der Waals surface area contributed by atoms with E-state index in [1.54, 1.807) is 12.1 Å². The van der Waals surface area contributed by atoms with Crippen LogP contribution in [0.4, 0.5) is 4.39 Å². The maximum atomic E-state index is 13.1. The van der Waals surface area contributed by atoms with Gasteiger partial charge < -0.3 is 4.57 Å². The number of rotatable bonds is 1. The van der Waals surface area contributed by atoms with Crippen molar-refractivity contribution in [3.05, 3.63) is 36.3 Å². The molecule has 3 rings (SSSR count). The Morgan fingerprint density at radius 1 is 1.12 bits per heavy atom. The van der Waals surface area contributed by atoms with Gasteiger partial charge in [0.15, 0.2) is 0 Å². The van der Waals surface area contributed by atoms with Gasteiger partial charge in [-0.3, -0.25) is 0 Å². The molecule has 0 atom stereocenters. The van der Waals surface area contributed by atoms with Gasteiger partial charge in [0, 0.05) is 23.1 Å². The van der Waals surface area contributed by atoms with Crippen molar-refractivity contribution >= 4 is 10.9 Å². The molecule has 0 saturated heterocycles. The second kappa shape index (κ2) is 4.17. The minimum Gasteiger partial charge on any atom is -0.344 e. The molecular formula is C15H18FN. The molecule has 17 heavy (non-hydrogen) atoms. The normalized spacial score (nSPS) is 25.3. The standard InChI is InChI=1S/C15H18FN/c1-11-2-5-14(6-3-11)17-9-8-12-10-13(16)4-7-15(12)17/h4,7-11,14H,2-3,5-6H2,1H3. The number of halogens is 1. The van der Waals surface area contributed by atoms with Crippen LogP contribution in [-0.4, -0.2) is 4.57 Å². The first-order valence-electron chi connectivity index (χ1n) is 6.50. The van der Waals surface area contributed by atoms with Crippen LogP contribution in [-0.2, 0) is 0 Å². The molecule has 0 bridgehead atoms. The molecule has 1 aromatic heterocycles. The van der Waals surface area contributed by atoms with Gasteiger partial charge in [0.05, 0.1) is 0 Å². The summed E-state index contributed by atoms with van der Waals surface area (Å²) in [4.78, 5) is 0. The van der Waals surface area contributed by atoms with E-state index in [9.17, 15) is 4.39 Å². The van der Waals surface area contributed by atoms with E-state index < -0.39 is 0 Å². The van der Waals surface area contributed by atoms with Crippen LogP contribution >= 0.6 is 0 Å². The van der Waals surface area contributed by atoms with E-state index in [0.717, 1.165) is 11.3 Å². The van der Waals surface area contributed by atoms with Crippen molar-refractivity contribution in [3.8, 4) is 0 Å². The lowest BCUT2D eigenvalue weighted by Crippen LogP contribution is -2.15. The second-order valence-electron chi connectivity index (χ2n) is 5.34. The Morgan fingerprint density at radius 3 is 2.65 bits per heavy atom. The first kappa shape index (κ1) is 10.8. The van der Waals surface area contributed by atoms with Gasteiger partial charge in [0.1, 0.15) is 5.82 Å². The molecule has 1 heterocycles. The van der Waals surface area contributed by atoms with Gasteiger partial charge in [0.25, 0.3) is 0 Å². The van der Waals surface area contributed by atoms with Crippen LogP contribution in [0.15, 0.2) is 30.5 Å². The van der Waals surface area contributed by atoms with Crippen LogP contribution in [0.1, 0.15) is 38.6 Å². The average molecular weight is 231 g/mol. The van der Waals surface area contributed by atoms with Gasteiger partial charge in [0.2, 0.25) is 0 Å². The summed E-state index contributed by atoms with van der Waals surface area (Å²) >= 11 is 0. The van der Waals surface area contributed by atoms with Gasteiger partial charge in [-0.25, -0.2) is 4.39 Å². The lowest BCUT2D eigenvalue weighted by atomic mass is 9.87. The Bertz CT molecular complexity index is 521. The maximum Gasteiger partial charge on any atom is 0.123 e. The first-order valence-corrected chi connectivity index (χ1v) is 6.50. The molecule has 1 saturated carbocycles. The zero-order valence-corrected chi connectivity index (χ0v) is 10.2. The van der Waals surface area contributed by atoms with E-state index in [1.165, 1.54) is 31.2 Å². The third-order valence-electron chi connectivity index (χ3n) is 4.06. The SMILES string of the molecule is CC1CCC(n2ccc3cc(F)ccc32)CC1. The number of benzene rings is 1. The van der Waals surface area contributed by atoms with Crippen molar-refractivity contribution in [2.45, 2.75) is 38.6 Å². The lowest BCUT2D eigenvalue weighted by molar-refractivity contribution is 0.294. The van der Waals surface area contributed by atoms with Crippen molar-refractivity contribution in [3.63, 3.8) is 0 Å². The summed E-state index contributed by atoms with van der Waals surface area (Å²) in [6, 6.07) is 7.72. The van der Waals surface area contributed by atoms with E-state index >= 15 is 0 Å². The summed E-state index contributed by atoms with van der Waals surface area (Å²) in [5.41, 5.74) is 1.17. The van der Waals surface area contributed by atoms with Crippen molar-refractivity contribution in [1.82, 2.24) is 4.57 Å². The van der Waals surface area contributed by atoms with Crippen LogP contribution in [0.2, 0.25) is 0 Å². The molecular weight excluding hydrogens is 213 g/mol. The summed E-state index contributed by atoms with van der Waals surface area (Å²) < 4.78 is 15.5.